The minimum atomic E-state index is -0.286. The molecule has 20 heavy (non-hydrogen) atoms. The summed E-state index contributed by atoms with van der Waals surface area (Å²) in [5.41, 5.74) is 1.85. The van der Waals surface area contributed by atoms with Crippen molar-refractivity contribution < 1.29 is 4.79 Å². The summed E-state index contributed by atoms with van der Waals surface area (Å²) in [7, 11) is 0. The van der Waals surface area contributed by atoms with Crippen molar-refractivity contribution in [2.45, 2.75) is 0 Å². The predicted octanol–water partition coefficient (Wildman–Crippen LogP) is 3.89. The molecule has 4 nitrogen and oxygen atoms in total. The highest BCUT2D eigenvalue weighted by molar-refractivity contribution is 6.37. The van der Waals surface area contributed by atoms with Crippen molar-refractivity contribution >= 4 is 40.4 Å². The van der Waals surface area contributed by atoms with E-state index >= 15 is 0 Å². The van der Waals surface area contributed by atoms with Crippen LogP contribution < -0.4 is 5.32 Å². The van der Waals surface area contributed by atoms with Crippen LogP contribution in [0.25, 0.3) is 5.65 Å². The molecule has 2 aromatic heterocycles. The molecule has 1 N–H and O–H groups in total. The number of halogens is 2. The Morgan fingerprint density at radius 1 is 1.20 bits per heavy atom. The molecule has 0 unspecified atom stereocenters. The lowest BCUT2D eigenvalue weighted by molar-refractivity contribution is 0.102. The zero-order valence-corrected chi connectivity index (χ0v) is 11.7. The minimum Gasteiger partial charge on any atom is -0.321 e. The lowest BCUT2D eigenvalue weighted by atomic mass is 10.2. The summed E-state index contributed by atoms with van der Waals surface area (Å²) in [6, 6.07) is 8.36. The van der Waals surface area contributed by atoms with E-state index in [0.29, 0.717) is 21.3 Å². The lowest BCUT2D eigenvalue weighted by Gasteiger charge is -2.07. The predicted molar refractivity (Wildman–Crippen MR) is 79.6 cm³/mol. The van der Waals surface area contributed by atoms with Crippen LogP contribution in [0.2, 0.25) is 10.0 Å². The highest BCUT2D eigenvalue weighted by Crippen LogP contribution is 2.22. The van der Waals surface area contributed by atoms with E-state index in [0.717, 1.165) is 5.65 Å². The van der Waals surface area contributed by atoms with Gasteiger partial charge in [-0.05, 0) is 30.3 Å². The molecule has 3 aromatic rings. The molecule has 0 fully saturated rings. The third-order valence-corrected chi connectivity index (χ3v) is 3.37. The molecule has 1 aromatic carbocycles. The maximum Gasteiger partial charge on any atom is 0.257 e. The van der Waals surface area contributed by atoms with Crippen LogP contribution in [-0.4, -0.2) is 15.3 Å². The van der Waals surface area contributed by atoms with E-state index in [1.807, 2.05) is 10.5 Å². The van der Waals surface area contributed by atoms with Crippen molar-refractivity contribution in [1.29, 1.82) is 0 Å². The van der Waals surface area contributed by atoms with E-state index < -0.39 is 0 Å². The van der Waals surface area contributed by atoms with Crippen molar-refractivity contribution in [2.24, 2.45) is 0 Å². The lowest BCUT2D eigenvalue weighted by Crippen LogP contribution is -2.12. The normalized spacial score (nSPS) is 10.7. The first kappa shape index (κ1) is 13.0. The third kappa shape index (κ3) is 2.48. The van der Waals surface area contributed by atoms with E-state index in [2.05, 4.69) is 10.3 Å². The highest BCUT2D eigenvalue weighted by atomic mass is 35.5. The van der Waals surface area contributed by atoms with Crippen molar-refractivity contribution in [1.82, 2.24) is 9.38 Å². The minimum absolute atomic E-state index is 0.286. The van der Waals surface area contributed by atoms with Gasteiger partial charge in [-0.2, -0.15) is 0 Å². The number of carbonyl (C=O) groups is 1. The molecule has 2 heterocycles. The topological polar surface area (TPSA) is 46.4 Å². The molecule has 100 valence electrons. The fraction of sp³-hybridized carbons (Fsp3) is 0. The quantitative estimate of drug-likeness (QED) is 0.780. The van der Waals surface area contributed by atoms with E-state index in [1.165, 1.54) is 6.07 Å². The number of anilines is 1. The van der Waals surface area contributed by atoms with Gasteiger partial charge in [0.1, 0.15) is 5.65 Å². The molecule has 0 saturated carbocycles. The second-order valence-corrected chi connectivity index (χ2v) is 5.03. The van der Waals surface area contributed by atoms with Crippen LogP contribution in [0.5, 0.6) is 0 Å². The van der Waals surface area contributed by atoms with Gasteiger partial charge in [-0.3, -0.25) is 4.79 Å². The Bertz CT molecular complexity index is 798. The van der Waals surface area contributed by atoms with Crippen molar-refractivity contribution in [3.63, 3.8) is 0 Å². The average Bonchev–Trinajstić information content (AvgIpc) is 2.85. The Hall–Kier alpha value is -2.04. The molecule has 0 aliphatic carbocycles. The fourth-order valence-corrected chi connectivity index (χ4v) is 2.36. The van der Waals surface area contributed by atoms with Crippen LogP contribution in [0, 0.1) is 0 Å². The maximum absolute atomic E-state index is 12.2. The Morgan fingerprint density at radius 3 is 2.85 bits per heavy atom. The number of benzene rings is 1. The van der Waals surface area contributed by atoms with Gasteiger partial charge >= 0.3 is 0 Å². The van der Waals surface area contributed by atoms with Crippen LogP contribution >= 0.6 is 23.2 Å². The van der Waals surface area contributed by atoms with Gasteiger partial charge in [-0.15, -0.1) is 0 Å². The number of nitrogens with one attached hydrogen (secondary N) is 1. The molecule has 0 aliphatic rings. The number of hydrogen-bond donors (Lipinski definition) is 1. The number of amides is 1. The zero-order valence-electron chi connectivity index (χ0n) is 10.2. The molecule has 0 atom stereocenters. The van der Waals surface area contributed by atoms with Gasteiger partial charge in [0, 0.05) is 23.6 Å². The molecule has 1 amide bonds. The summed E-state index contributed by atoms with van der Waals surface area (Å²) in [5.74, 6) is -0.286. The van der Waals surface area contributed by atoms with Gasteiger partial charge in [0.15, 0.2) is 0 Å². The smallest absolute Gasteiger partial charge is 0.257 e. The van der Waals surface area contributed by atoms with Crippen molar-refractivity contribution in [3.05, 3.63) is 64.5 Å². The van der Waals surface area contributed by atoms with Crippen LogP contribution in [-0.2, 0) is 0 Å². The fourth-order valence-electron chi connectivity index (χ4n) is 1.87. The summed E-state index contributed by atoms with van der Waals surface area (Å²) in [4.78, 5) is 16.3. The van der Waals surface area contributed by atoms with Gasteiger partial charge in [0.2, 0.25) is 0 Å². The first-order chi connectivity index (χ1) is 9.63. The number of carbonyl (C=O) groups excluding carboxylic acids is 1. The average molecular weight is 306 g/mol. The molecule has 0 saturated heterocycles. The van der Waals surface area contributed by atoms with Gasteiger partial charge in [-0.1, -0.05) is 23.2 Å². The highest BCUT2D eigenvalue weighted by Gasteiger charge is 2.11. The Labute approximate surface area is 125 Å². The molecular formula is C14H9Cl2N3O. The van der Waals surface area contributed by atoms with E-state index in [1.54, 1.807) is 36.8 Å². The summed E-state index contributed by atoms with van der Waals surface area (Å²) < 4.78 is 1.82. The molecule has 6 heteroatoms. The first-order valence-electron chi connectivity index (χ1n) is 5.82. The summed E-state index contributed by atoms with van der Waals surface area (Å²) >= 11 is 11.8. The Kier molecular flexibility index (Phi) is 3.34. The number of rotatable bonds is 2. The maximum atomic E-state index is 12.2. The number of nitrogens with zero attached hydrogens (tertiary/aromatic N) is 2. The van der Waals surface area contributed by atoms with Crippen LogP contribution in [0.15, 0.2) is 48.9 Å². The molecule has 0 bridgehead atoms. The van der Waals surface area contributed by atoms with Crippen molar-refractivity contribution in [2.75, 3.05) is 5.32 Å². The second kappa shape index (κ2) is 5.15. The largest absolute Gasteiger partial charge is 0.321 e. The molecular weight excluding hydrogens is 297 g/mol. The second-order valence-electron chi connectivity index (χ2n) is 4.19. The monoisotopic (exact) mass is 305 g/mol. The zero-order chi connectivity index (χ0) is 14.1. The molecule has 0 radical (unpaired) electrons. The number of imidazole rings is 1. The van der Waals surface area contributed by atoms with E-state index in [-0.39, 0.29) is 5.91 Å². The van der Waals surface area contributed by atoms with Crippen LogP contribution in [0.3, 0.4) is 0 Å². The third-order valence-electron chi connectivity index (χ3n) is 2.82. The number of hydrogen-bond acceptors (Lipinski definition) is 2. The van der Waals surface area contributed by atoms with Gasteiger partial charge in [0.05, 0.1) is 16.3 Å². The molecule has 0 spiro atoms. The first-order valence-corrected chi connectivity index (χ1v) is 6.58. The standard InChI is InChI=1S/C14H9Cl2N3O/c15-9-1-3-11(12(16)7-9)14(20)18-10-2-4-13-17-5-6-19(13)8-10/h1-8H,(H,18,20). The van der Waals surface area contributed by atoms with Crippen LogP contribution in [0.4, 0.5) is 5.69 Å². The van der Waals surface area contributed by atoms with Crippen LogP contribution in [0.1, 0.15) is 10.4 Å². The van der Waals surface area contributed by atoms with Gasteiger partial charge < -0.3 is 9.72 Å². The van der Waals surface area contributed by atoms with Gasteiger partial charge in [0.25, 0.3) is 5.91 Å². The van der Waals surface area contributed by atoms with Gasteiger partial charge in [-0.25, -0.2) is 4.98 Å². The summed E-state index contributed by atoms with van der Waals surface area (Å²) in [6.45, 7) is 0. The summed E-state index contributed by atoms with van der Waals surface area (Å²) in [6.07, 6.45) is 5.28. The number of aromatic nitrogens is 2. The molecule has 3 rings (SSSR count). The van der Waals surface area contributed by atoms with Crippen molar-refractivity contribution in [3.8, 4) is 0 Å². The SMILES string of the molecule is O=C(Nc1ccc2nccn2c1)c1ccc(Cl)cc1Cl. The Morgan fingerprint density at radius 2 is 2.05 bits per heavy atom. The number of fused-ring (bicyclic) bond motifs is 1. The van der Waals surface area contributed by atoms with E-state index in [9.17, 15) is 4.79 Å². The van der Waals surface area contributed by atoms with E-state index in [4.69, 9.17) is 23.2 Å². The molecule has 0 aliphatic heterocycles. The summed E-state index contributed by atoms with van der Waals surface area (Å²) in [5, 5.41) is 3.60. The Balaban J connectivity index is 1.87. The number of pyridine rings is 1.